The number of nitrogens with zero attached hydrogens (tertiary/aromatic N) is 1. The third kappa shape index (κ3) is 5.08. The molecule has 1 saturated heterocycles. The minimum atomic E-state index is -3.28. The average Bonchev–Trinajstić information content (AvgIpc) is 3.02. The van der Waals surface area contributed by atoms with E-state index >= 15 is 0 Å². The summed E-state index contributed by atoms with van der Waals surface area (Å²) in [6.07, 6.45) is 1.02. The van der Waals surface area contributed by atoms with Crippen LogP contribution in [0.15, 0.2) is 54.6 Å². The molecule has 6 heteroatoms. The summed E-state index contributed by atoms with van der Waals surface area (Å²) >= 11 is 0. The lowest BCUT2D eigenvalue weighted by atomic mass is 10.2. The highest BCUT2D eigenvalue weighted by molar-refractivity contribution is 7.89. The number of rotatable bonds is 5. The first-order valence-electron chi connectivity index (χ1n) is 8.80. The monoisotopic (exact) mass is 372 g/mol. The second-order valence-electron chi connectivity index (χ2n) is 6.99. The zero-order valence-electron chi connectivity index (χ0n) is 14.9. The summed E-state index contributed by atoms with van der Waals surface area (Å²) in [6, 6.07) is 16.1. The Morgan fingerprint density at radius 3 is 2.46 bits per heavy atom. The van der Waals surface area contributed by atoms with E-state index in [0.717, 1.165) is 25.1 Å². The van der Waals surface area contributed by atoms with E-state index in [-0.39, 0.29) is 17.5 Å². The highest BCUT2D eigenvalue weighted by Gasteiger charge is 2.23. The molecule has 138 valence electrons. The van der Waals surface area contributed by atoms with Gasteiger partial charge in [0.05, 0.1) is 11.5 Å². The van der Waals surface area contributed by atoms with Gasteiger partial charge in [-0.15, -0.1) is 0 Å². The van der Waals surface area contributed by atoms with E-state index in [4.69, 9.17) is 0 Å². The maximum Gasteiger partial charge on any atom is 0.321 e. The number of benzene rings is 2. The standard InChI is InChI=1S/C20H24N2O3S/c1-16-10-11-22(13-16)20(23)21-19-9-5-8-18(12-19)15-26(24,25)14-17-6-3-2-4-7-17/h2-9,12,16H,10-11,13-15H2,1H3,(H,21,23). The van der Waals surface area contributed by atoms with E-state index in [1.165, 1.54) is 0 Å². The van der Waals surface area contributed by atoms with Crippen molar-refractivity contribution in [3.63, 3.8) is 0 Å². The van der Waals surface area contributed by atoms with Crippen molar-refractivity contribution in [3.8, 4) is 0 Å². The molecule has 0 radical (unpaired) electrons. The molecule has 0 saturated carbocycles. The molecule has 2 aromatic carbocycles. The molecular formula is C20H24N2O3S. The van der Waals surface area contributed by atoms with Crippen LogP contribution in [-0.2, 0) is 21.3 Å². The zero-order chi connectivity index (χ0) is 18.6. The molecule has 1 aliphatic rings. The average molecular weight is 372 g/mol. The van der Waals surface area contributed by atoms with Crippen LogP contribution in [0, 0.1) is 5.92 Å². The van der Waals surface area contributed by atoms with Gasteiger partial charge < -0.3 is 10.2 Å². The van der Waals surface area contributed by atoms with Crippen molar-refractivity contribution in [2.75, 3.05) is 18.4 Å². The summed E-state index contributed by atoms with van der Waals surface area (Å²) in [7, 11) is -3.28. The molecule has 5 nitrogen and oxygen atoms in total. The Bertz CT molecular complexity index is 866. The van der Waals surface area contributed by atoms with Gasteiger partial charge in [0, 0.05) is 18.8 Å². The molecule has 0 spiro atoms. The van der Waals surface area contributed by atoms with E-state index in [9.17, 15) is 13.2 Å². The van der Waals surface area contributed by atoms with Crippen LogP contribution in [0.5, 0.6) is 0 Å². The molecule has 1 unspecified atom stereocenters. The molecule has 1 heterocycles. The molecule has 2 aromatic rings. The number of likely N-dealkylation sites (tertiary alicyclic amines) is 1. The molecule has 0 aliphatic carbocycles. The van der Waals surface area contributed by atoms with Crippen LogP contribution in [0.25, 0.3) is 0 Å². The first-order chi connectivity index (χ1) is 12.4. The maximum absolute atomic E-state index is 12.5. The van der Waals surface area contributed by atoms with Crippen molar-refractivity contribution >= 4 is 21.6 Å². The van der Waals surface area contributed by atoms with Gasteiger partial charge in [0.25, 0.3) is 0 Å². The number of amides is 2. The van der Waals surface area contributed by atoms with Crippen molar-refractivity contribution < 1.29 is 13.2 Å². The Morgan fingerprint density at radius 1 is 1.08 bits per heavy atom. The van der Waals surface area contributed by atoms with Crippen molar-refractivity contribution in [1.29, 1.82) is 0 Å². The predicted molar refractivity (Wildman–Crippen MR) is 104 cm³/mol. The number of carbonyl (C=O) groups excluding carboxylic acids is 1. The Hall–Kier alpha value is -2.34. The molecule has 0 aromatic heterocycles. The number of nitrogens with one attached hydrogen (secondary N) is 1. The summed E-state index contributed by atoms with van der Waals surface area (Å²) in [5.74, 6) is 0.484. The summed E-state index contributed by atoms with van der Waals surface area (Å²) < 4.78 is 24.9. The Labute approximate surface area is 154 Å². The quantitative estimate of drug-likeness (QED) is 0.871. The Morgan fingerprint density at radius 2 is 1.77 bits per heavy atom. The lowest BCUT2D eigenvalue weighted by Crippen LogP contribution is -2.32. The van der Waals surface area contributed by atoms with E-state index in [1.54, 1.807) is 29.2 Å². The van der Waals surface area contributed by atoms with Gasteiger partial charge in [0.15, 0.2) is 9.84 Å². The number of sulfone groups is 1. The van der Waals surface area contributed by atoms with Crippen LogP contribution in [-0.4, -0.2) is 32.4 Å². The van der Waals surface area contributed by atoms with Crippen molar-refractivity contribution in [2.24, 2.45) is 5.92 Å². The molecule has 2 amide bonds. The molecule has 1 N–H and O–H groups in total. The topological polar surface area (TPSA) is 66.5 Å². The molecule has 1 atom stereocenters. The third-order valence-electron chi connectivity index (χ3n) is 4.51. The van der Waals surface area contributed by atoms with Crippen LogP contribution in [0.4, 0.5) is 10.5 Å². The van der Waals surface area contributed by atoms with Gasteiger partial charge in [-0.2, -0.15) is 0 Å². The largest absolute Gasteiger partial charge is 0.324 e. The van der Waals surface area contributed by atoms with Crippen molar-refractivity contribution in [1.82, 2.24) is 4.90 Å². The molecule has 0 bridgehead atoms. The smallest absolute Gasteiger partial charge is 0.321 e. The van der Waals surface area contributed by atoms with Gasteiger partial charge >= 0.3 is 6.03 Å². The fourth-order valence-corrected chi connectivity index (χ4v) is 4.68. The third-order valence-corrected chi connectivity index (χ3v) is 6.05. The maximum atomic E-state index is 12.5. The first kappa shape index (κ1) is 18.5. The van der Waals surface area contributed by atoms with E-state index in [0.29, 0.717) is 17.2 Å². The van der Waals surface area contributed by atoms with Crippen LogP contribution in [0.2, 0.25) is 0 Å². The van der Waals surface area contributed by atoms with Crippen LogP contribution in [0.3, 0.4) is 0 Å². The molecular weight excluding hydrogens is 348 g/mol. The molecule has 1 aliphatic heterocycles. The second-order valence-corrected chi connectivity index (χ2v) is 9.05. The van der Waals surface area contributed by atoms with Crippen LogP contribution >= 0.6 is 0 Å². The Kier molecular flexibility index (Phi) is 5.61. The van der Waals surface area contributed by atoms with Gasteiger partial charge in [0.1, 0.15) is 0 Å². The summed E-state index contributed by atoms with van der Waals surface area (Å²) in [4.78, 5) is 14.1. The minimum Gasteiger partial charge on any atom is -0.324 e. The second kappa shape index (κ2) is 7.91. The number of hydrogen-bond acceptors (Lipinski definition) is 3. The number of hydrogen-bond donors (Lipinski definition) is 1. The molecule has 3 rings (SSSR count). The van der Waals surface area contributed by atoms with Gasteiger partial charge in [-0.25, -0.2) is 13.2 Å². The molecule has 1 fully saturated rings. The highest BCUT2D eigenvalue weighted by atomic mass is 32.2. The fourth-order valence-electron chi connectivity index (χ4n) is 3.19. The van der Waals surface area contributed by atoms with E-state index in [1.807, 2.05) is 30.3 Å². The molecule has 26 heavy (non-hydrogen) atoms. The number of anilines is 1. The normalized spacial score (nSPS) is 17.3. The zero-order valence-corrected chi connectivity index (χ0v) is 15.7. The number of urea groups is 1. The van der Waals surface area contributed by atoms with Crippen LogP contribution < -0.4 is 5.32 Å². The summed E-state index contributed by atoms with van der Waals surface area (Å²) in [5.41, 5.74) is 2.08. The lowest BCUT2D eigenvalue weighted by Gasteiger charge is -2.17. The van der Waals surface area contributed by atoms with Crippen LogP contribution in [0.1, 0.15) is 24.5 Å². The van der Waals surface area contributed by atoms with E-state index in [2.05, 4.69) is 12.2 Å². The summed E-state index contributed by atoms with van der Waals surface area (Å²) in [6.45, 7) is 3.65. The van der Waals surface area contributed by atoms with Gasteiger partial charge in [-0.05, 0) is 35.6 Å². The summed E-state index contributed by atoms with van der Waals surface area (Å²) in [5, 5.41) is 2.87. The highest BCUT2D eigenvalue weighted by Crippen LogP contribution is 2.19. The van der Waals surface area contributed by atoms with E-state index < -0.39 is 9.84 Å². The van der Waals surface area contributed by atoms with Gasteiger partial charge in [-0.3, -0.25) is 0 Å². The SMILES string of the molecule is CC1CCN(C(=O)Nc2cccc(CS(=O)(=O)Cc3ccccc3)c2)C1. The van der Waals surface area contributed by atoms with Gasteiger partial charge in [0.2, 0.25) is 0 Å². The lowest BCUT2D eigenvalue weighted by molar-refractivity contribution is 0.221. The Balaban J connectivity index is 1.64. The predicted octanol–water partition coefficient (Wildman–Crippen LogP) is 3.68. The minimum absolute atomic E-state index is 0.0100. The number of carbonyl (C=O) groups is 1. The van der Waals surface area contributed by atoms with Crippen molar-refractivity contribution in [2.45, 2.75) is 24.9 Å². The fraction of sp³-hybridized carbons (Fsp3) is 0.350. The van der Waals surface area contributed by atoms with Crippen molar-refractivity contribution in [3.05, 3.63) is 65.7 Å². The van der Waals surface area contributed by atoms with Gasteiger partial charge in [-0.1, -0.05) is 49.4 Å². The first-order valence-corrected chi connectivity index (χ1v) is 10.6.